The van der Waals surface area contributed by atoms with Gasteiger partial charge in [-0.05, 0) is 25.3 Å². The molecule has 0 aromatic heterocycles. The second-order valence-corrected chi connectivity index (χ2v) is 6.83. The van der Waals surface area contributed by atoms with Crippen LogP contribution in [0.2, 0.25) is 0 Å². The SMILES string of the molecule is Cc1ccc(CCC(C(=O)O)N2CCNCCN(CC(=O)O)CC2)cc1. The maximum Gasteiger partial charge on any atom is 0.320 e. The summed E-state index contributed by atoms with van der Waals surface area (Å²) in [6.45, 7) is 5.84. The molecule has 1 aliphatic heterocycles. The van der Waals surface area contributed by atoms with Crippen LogP contribution in [0.4, 0.5) is 0 Å². The van der Waals surface area contributed by atoms with Crippen molar-refractivity contribution >= 4 is 11.9 Å². The maximum absolute atomic E-state index is 11.8. The normalized spacial score (nSPS) is 18.5. The van der Waals surface area contributed by atoms with E-state index >= 15 is 0 Å². The van der Waals surface area contributed by atoms with Crippen molar-refractivity contribution in [1.29, 1.82) is 0 Å². The van der Waals surface area contributed by atoms with Gasteiger partial charge in [0.2, 0.25) is 0 Å². The predicted octanol–water partition coefficient (Wildman–Crippen LogP) is 0.673. The molecule has 1 fully saturated rings. The Labute approximate surface area is 154 Å². The second kappa shape index (κ2) is 10.3. The Bertz CT molecular complexity index is 591. The lowest BCUT2D eigenvalue weighted by Crippen LogP contribution is -2.47. The van der Waals surface area contributed by atoms with E-state index in [9.17, 15) is 14.7 Å². The molecule has 1 aliphatic rings. The number of nitrogens with zero attached hydrogens (tertiary/aromatic N) is 2. The molecule has 3 N–H and O–H groups in total. The van der Waals surface area contributed by atoms with Crippen LogP contribution in [0, 0.1) is 6.92 Å². The van der Waals surface area contributed by atoms with Crippen molar-refractivity contribution in [1.82, 2.24) is 15.1 Å². The van der Waals surface area contributed by atoms with Gasteiger partial charge in [0.25, 0.3) is 0 Å². The van der Waals surface area contributed by atoms with Gasteiger partial charge in [-0.2, -0.15) is 0 Å². The summed E-state index contributed by atoms with van der Waals surface area (Å²) in [5.74, 6) is -1.67. The summed E-state index contributed by atoms with van der Waals surface area (Å²) in [7, 11) is 0. The van der Waals surface area contributed by atoms with E-state index in [-0.39, 0.29) is 6.54 Å². The summed E-state index contributed by atoms with van der Waals surface area (Å²) in [4.78, 5) is 26.7. The van der Waals surface area contributed by atoms with Crippen molar-refractivity contribution in [3.8, 4) is 0 Å². The number of carbonyl (C=O) groups is 2. The molecule has 0 aliphatic carbocycles. The third kappa shape index (κ3) is 6.74. The van der Waals surface area contributed by atoms with Gasteiger partial charge >= 0.3 is 11.9 Å². The highest BCUT2D eigenvalue weighted by atomic mass is 16.4. The van der Waals surface area contributed by atoms with E-state index in [0.29, 0.717) is 52.1 Å². The number of hydrogen-bond donors (Lipinski definition) is 3. The van der Waals surface area contributed by atoms with Crippen LogP contribution in [0.25, 0.3) is 0 Å². The van der Waals surface area contributed by atoms with Gasteiger partial charge in [-0.25, -0.2) is 0 Å². The van der Waals surface area contributed by atoms with E-state index in [4.69, 9.17) is 5.11 Å². The lowest BCUT2D eigenvalue weighted by atomic mass is 10.0. The number of carboxylic acid groups (broad SMARTS) is 2. The zero-order chi connectivity index (χ0) is 18.9. The highest BCUT2D eigenvalue weighted by Crippen LogP contribution is 2.12. The van der Waals surface area contributed by atoms with Crippen LogP contribution in [0.15, 0.2) is 24.3 Å². The molecule has 0 amide bonds. The average Bonchev–Trinajstić information content (AvgIpc) is 2.69. The summed E-state index contributed by atoms with van der Waals surface area (Å²) >= 11 is 0. The number of aliphatic carboxylic acids is 2. The van der Waals surface area contributed by atoms with Crippen LogP contribution in [0.1, 0.15) is 17.5 Å². The Kier molecular flexibility index (Phi) is 8.03. The Balaban J connectivity index is 1.99. The Morgan fingerprint density at radius 1 is 1.08 bits per heavy atom. The molecule has 1 atom stereocenters. The van der Waals surface area contributed by atoms with Crippen molar-refractivity contribution in [3.63, 3.8) is 0 Å². The van der Waals surface area contributed by atoms with Crippen LogP contribution in [0.3, 0.4) is 0 Å². The van der Waals surface area contributed by atoms with Crippen molar-refractivity contribution in [2.24, 2.45) is 0 Å². The minimum atomic E-state index is -0.857. The van der Waals surface area contributed by atoms with E-state index in [1.165, 1.54) is 5.56 Å². The average molecular weight is 363 g/mol. The zero-order valence-electron chi connectivity index (χ0n) is 15.4. The van der Waals surface area contributed by atoms with Crippen LogP contribution < -0.4 is 5.32 Å². The maximum atomic E-state index is 11.8. The standard InChI is InChI=1S/C19H29N3O4/c1-15-2-4-16(5-3-15)6-7-17(19(25)26)22-11-9-20-8-10-21(12-13-22)14-18(23)24/h2-5,17,20H,6-14H2,1H3,(H,23,24)(H,25,26). The van der Waals surface area contributed by atoms with Crippen LogP contribution >= 0.6 is 0 Å². The lowest BCUT2D eigenvalue weighted by molar-refractivity contribution is -0.144. The summed E-state index contributed by atoms with van der Waals surface area (Å²) < 4.78 is 0. The molecule has 26 heavy (non-hydrogen) atoms. The van der Waals surface area contributed by atoms with E-state index < -0.39 is 18.0 Å². The number of aryl methyl sites for hydroxylation is 2. The largest absolute Gasteiger partial charge is 0.480 e. The summed E-state index contributed by atoms with van der Waals surface area (Å²) in [6.07, 6.45) is 1.25. The van der Waals surface area contributed by atoms with Crippen molar-refractivity contribution in [3.05, 3.63) is 35.4 Å². The first-order chi connectivity index (χ1) is 12.5. The minimum absolute atomic E-state index is 0.0172. The molecule has 0 saturated carbocycles. The third-order valence-electron chi connectivity index (χ3n) is 4.80. The molecule has 144 valence electrons. The van der Waals surface area contributed by atoms with Gasteiger partial charge in [0.15, 0.2) is 0 Å². The topological polar surface area (TPSA) is 93.1 Å². The molecule has 0 spiro atoms. The number of nitrogens with one attached hydrogen (secondary N) is 1. The van der Waals surface area contributed by atoms with E-state index in [0.717, 1.165) is 5.56 Å². The number of hydrogen-bond acceptors (Lipinski definition) is 5. The molecule has 1 saturated heterocycles. The Morgan fingerprint density at radius 2 is 1.77 bits per heavy atom. The monoisotopic (exact) mass is 363 g/mol. The van der Waals surface area contributed by atoms with Crippen LogP contribution in [-0.2, 0) is 16.0 Å². The molecule has 1 aromatic rings. The van der Waals surface area contributed by atoms with Gasteiger partial charge in [0.1, 0.15) is 6.04 Å². The summed E-state index contributed by atoms with van der Waals surface area (Å²) in [6, 6.07) is 7.60. The molecular weight excluding hydrogens is 334 g/mol. The Morgan fingerprint density at radius 3 is 2.42 bits per heavy atom. The van der Waals surface area contributed by atoms with Crippen LogP contribution in [0.5, 0.6) is 0 Å². The highest BCUT2D eigenvalue weighted by molar-refractivity contribution is 5.73. The van der Waals surface area contributed by atoms with Crippen molar-refractivity contribution in [2.45, 2.75) is 25.8 Å². The third-order valence-corrected chi connectivity index (χ3v) is 4.80. The van der Waals surface area contributed by atoms with Gasteiger partial charge in [-0.15, -0.1) is 0 Å². The second-order valence-electron chi connectivity index (χ2n) is 6.83. The fourth-order valence-electron chi connectivity index (χ4n) is 3.26. The fourth-order valence-corrected chi connectivity index (χ4v) is 3.26. The molecule has 1 unspecified atom stereocenters. The first-order valence-corrected chi connectivity index (χ1v) is 9.13. The number of rotatable bonds is 7. The first kappa shape index (κ1) is 20.4. The smallest absolute Gasteiger partial charge is 0.320 e. The van der Waals surface area contributed by atoms with Crippen LogP contribution in [-0.4, -0.2) is 83.8 Å². The molecule has 1 aromatic carbocycles. The number of carboxylic acids is 2. The molecular formula is C19H29N3O4. The molecule has 1 heterocycles. The van der Waals surface area contributed by atoms with Crippen molar-refractivity contribution < 1.29 is 19.8 Å². The van der Waals surface area contributed by atoms with E-state index in [1.807, 2.05) is 41.0 Å². The van der Waals surface area contributed by atoms with E-state index in [1.54, 1.807) is 0 Å². The first-order valence-electron chi connectivity index (χ1n) is 9.13. The molecule has 7 nitrogen and oxygen atoms in total. The highest BCUT2D eigenvalue weighted by Gasteiger charge is 2.26. The molecule has 2 rings (SSSR count). The molecule has 0 radical (unpaired) electrons. The van der Waals surface area contributed by atoms with Gasteiger partial charge < -0.3 is 15.5 Å². The fraction of sp³-hybridized carbons (Fsp3) is 0.579. The molecule has 0 bridgehead atoms. The zero-order valence-corrected chi connectivity index (χ0v) is 15.4. The summed E-state index contributed by atoms with van der Waals surface area (Å²) in [5, 5.41) is 22.0. The van der Waals surface area contributed by atoms with Gasteiger partial charge in [-0.3, -0.25) is 19.4 Å². The van der Waals surface area contributed by atoms with Gasteiger partial charge in [-0.1, -0.05) is 29.8 Å². The predicted molar refractivity (Wildman–Crippen MR) is 99.4 cm³/mol. The Hall–Kier alpha value is -1.96. The quantitative estimate of drug-likeness (QED) is 0.656. The lowest BCUT2D eigenvalue weighted by Gasteiger charge is -2.30. The van der Waals surface area contributed by atoms with E-state index in [2.05, 4.69) is 5.32 Å². The van der Waals surface area contributed by atoms with Crippen molar-refractivity contribution in [2.75, 3.05) is 45.8 Å². The number of benzene rings is 1. The van der Waals surface area contributed by atoms with Gasteiger partial charge in [0, 0.05) is 39.3 Å². The summed E-state index contributed by atoms with van der Waals surface area (Å²) in [5.41, 5.74) is 2.32. The minimum Gasteiger partial charge on any atom is -0.480 e. The van der Waals surface area contributed by atoms with Gasteiger partial charge in [0.05, 0.1) is 6.54 Å². The molecule has 7 heteroatoms.